The molecule has 6 nitrogen and oxygen atoms in total. The van der Waals surface area contributed by atoms with E-state index in [0.29, 0.717) is 0 Å². The first-order valence-corrected chi connectivity index (χ1v) is 6.06. The van der Waals surface area contributed by atoms with Crippen LogP contribution < -0.4 is 10.9 Å². The molecule has 2 aromatic rings. The summed E-state index contributed by atoms with van der Waals surface area (Å²) in [4.78, 5) is 34.4. The molecule has 0 saturated heterocycles. The minimum atomic E-state index is -1.40. The van der Waals surface area contributed by atoms with Gasteiger partial charge in [0.25, 0.3) is 5.56 Å². The maximum atomic E-state index is 13.0. The molecule has 0 radical (unpaired) electrons. The lowest BCUT2D eigenvalue weighted by Crippen LogP contribution is -2.30. The van der Waals surface area contributed by atoms with Gasteiger partial charge in [-0.3, -0.25) is 9.59 Å². The number of nitrogens with zero attached hydrogens (tertiary/aromatic N) is 1. The van der Waals surface area contributed by atoms with Gasteiger partial charge in [-0.2, -0.15) is 0 Å². The molecule has 2 rings (SSSR count). The molecule has 0 aliphatic heterocycles. The lowest BCUT2D eigenvalue weighted by atomic mass is 10.2. The number of aromatic nitrogens is 1. The topological polar surface area (TPSA) is 88.4 Å². The number of halogens is 2. The molecule has 1 aromatic carbocycles. The van der Waals surface area contributed by atoms with Crippen molar-refractivity contribution in [1.29, 1.82) is 0 Å². The molecule has 0 bridgehead atoms. The van der Waals surface area contributed by atoms with Crippen molar-refractivity contribution in [2.75, 3.05) is 5.32 Å². The fourth-order valence-electron chi connectivity index (χ4n) is 1.75. The Balaban J connectivity index is 2.16. The van der Waals surface area contributed by atoms with Crippen molar-refractivity contribution in [3.05, 3.63) is 64.1 Å². The molecular weight excluding hydrogens is 298 g/mol. The van der Waals surface area contributed by atoms with Crippen LogP contribution in [-0.4, -0.2) is 21.6 Å². The van der Waals surface area contributed by atoms with Crippen molar-refractivity contribution in [3.8, 4) is 0 Å². The standard InChI is InChI=1S/C14H10F2N2O4/c15-10-4-3-8(6-11(10)16)17-12(19)7-18-5-1-2-9(13(18)20)14(21)22/h1-6H,7H2,(H,17,19)(H,21,22). The molecule has 0 saturated carbocycles. The third-order valence-electron chi connectivity index (χ3n) is 2.77. The number of carboxylic acid groups (broad SMARTS) is 1. The predicted octanol–water partition coefficient (Wildman–Crippen LogP) is 1.46. The minimum absolute atomic E-state index is 0.0198. The summed E-state index contributed by atoms with van der Waals surface area (Å²) in [5.41, 5.74) is -1.29. The molecular formula is C14H10F2N2O4. The number of amides is 1. The quantitative estimate of drug-likeness (QED) is 0.895. The summed E-state index contributed by atoms with van der Waals surface area (Å²) in [5, 5.41) is 11.1. The van der Waals surface area contributed by atoms with Gasteiger partial charge in [0, 0.05) is 18.0 Å². The fraction of sp³-hybridized carbons (Fsp3) is 0.0714. The number of carboxylic acids is 1. The van der Waals surface area contributed by atoms with Gasteiger partial charge in [0.15, 0.2) is 11.6 Å². The molecule has 0 spiro atoms. The van der Waals surface area contributed by atoms with Crippen molar-refractivity contribution in [3.63, 3.8) is 0 Å². The number of carbonyl (C=O) groups excluding carboxylic acids is 1. The second-order valence-electron chi connectivity index (χ2n) is 4.34. The van der Waals surface area contributed by atoms with Crippen molar-refractivity contribution < 1.29 is 23.5 Å². The summed E-state index contributed by atoms with van der Waals surface area (Å²) in [6.45, 7) is -0.459. The molecule has 1 amide bonds. The maximum absolute atomic E-state index is 13.0. The Morgan fingerprint density at radius 2 is 1.91 bits per heavy atom. The Labute approximate surface area is 122 Å². The third kappa shape index (κ3) is 3.35. The van der Waals surface area contributed by atoms with Crippen LogP contribution in [0.25, 0.3) is 0 Å². The first kappa shape index (κ1) is 15.4. The molecule has 0 fully saturated rings. The summed E-state index contributed by atoms with van der Waals surface area (Å²) in [7, 11) is 0. The fourth-order valence-corrected chi connectivity index (χ4v) is 1.75. The van der Waals surface area contributed by atoms with Gasteiger partial charge in [0.05, 0.1) is 0 Å². The number of carbonyl (C=O) groups is 2. The number of rotatable bonds is 4. The van der Waals surface area contributed by atoms with Crippen LogP contribution in [0.2, 0.25) is 0 Å². The normalized spacial score (nSPS) is 10.3. The third-order valence-corrected chi connectivity index (χ3v) is 2.77. The average molecular weight is 308 g/mol. The van der Waals surface area contributed by atoms with Crippen LogP contribution in [0.4, 0.5) is 14.5 Å². The Kier molecular flexibility index (Phi) is 4.31. The largest absolute Gasteiger partial charge is 0.477 e. The summed E-state index contributed by atoms with van der Waals surface area (Å²) in [6, 6.07) is 5.24. The maximum Gasteiger partial charge on any atom is 0.341 e. The summed E-state index contributed by atoms with van der Waals surface area (Å²) in [5.74, 6) is -4.26. The van der Waals surface area contributed by atoms with Gasteiger partial charge in [-0.05, 0) is 24.3 Å². The molecule has 1 heterocycles. The van der Waals surface area contributed by atoms with Gasteiger partial charge in [0.2, 0.25) is 5.91 Å². The lowest BCUT2D eigenvalue weighted by Gasteiger charge is -2.08. The zero-order valence-electron chi connectivity index (χ0n) is 11.0. The number of anilines is 1. The Morgan fingerprint density at radius 3 is 2.55 bits per heavy atom. The Hall–Kier alpha value is -3.03. The first-order chi connectivity index (χ1) is 10.4. The zero-order valence-corrected chi connectivity index (χ0v) is 11.0. The smallest absolute Gasteiger partial charge is 0.341 e. The monoisotopic (exact) mass is 308 g/mol. The van der Waals surface area contributed by atoms with Crippen LogP contribution in [0.3, 0.4) is 0 Å². The number of nitrogens with one attached hydrogen (secondary N) is 1. The van der Waals surface area contributed by atoms with Crippen LogP contribution in [-0.2, 0) is 11.3 Å². The lowest BCUT2D eigenvalue weighted by molar-refractivity contribution is -0.116. The van der Waals surface area contributed by atoms with Gasteiger partial charge in [-0.1, -0.05) is 0 Å². The molecule has 114 valence electrons. The second kappa shape index (κ2) is 6.17. The van der Waals surface area contributed by atoms with E-state index in [0.717, 1.165) is 28.8 Å². The molecule has 1 aromatic heterocycles. The predicted molar refractivity (Wildman–Crippen MR) is 72.6 cm³/mol. The van der Waals surface area contributed by atoms with Crippen LogP contribution in [0.5, 0.6) is 0 Å². The van der Waals surface area contributed by atoms with Crippen molar-refractivity contribution in [2.45, 2.75) is 6.54 Å². The van der Waals surface area contributed by atoms with E-state index in [9.17, 15) is 23.2 Å². The highest BCUT2D eigenvalue weighted by atomic mass is 19.2. The Bertz CT molecular complexity index is 802. The van der Waals surface area contributed by atoms with E-state index in [1.165, 1.54) is 12.3 Å². The number of hydrogen-bond acceptors (Lipinski definition) is 3. The van der Waals surface area contributed by atoms with Crippen LogP contribution in [0.15, 0.2) is 41.3 Å². The molecule has 2 N–H and O–H groups in total. The van der Waals surface area contributed by atoms with Crippen molar-refractivity contribution in [1.82, 2.24) is 4.57 Å². The molecule has 0 unspecified atom stereocenters. The molecule has 0 atom stereocenters. The molecule has 0 aliphatic rings. The van der Waals surface area contributed by atoms with E-state index < -0.39 is 41.2 Å². The Morgan fingerprint density at radius 1 is 1.18 bits per heavy atom. The molecule has 8 heteroatoms. The zero-order chi connectivity index (χ0) is 16.3. The van der Waals surface area contributed by atoms with Gasteiger partial charge in [-0.15, -0.1) is 0 Å². The number of benzene rings is 1. The number of aromatic carboxylic acids is 1. The van der Waals surface area contributed by atoms with Crippen molar-refractivity contribution in [2.24, 2.45) is 0 Å². The van der Waals surface area contributed by atoms with Crippen LogP contribution >= 0.6 is 0 Å². The van der Waals surface area contributed by atoms with Gasteiger partial charge >= 0.3 is 5.97 Å². The second-order valence-corrected chi connectivity index (χ2v) is 4.34. The van der Waals surface area contributed by atoms with E-state index in [2.05, 4.69) is 5.32 Å². The minimum Gasteiger partial charge on any atom is -0.477 e. The first-order valence-electron chi connectivity index (χ1n) is 6.06. The highest BCUT2D eigenvalue weighted by Crippen LogP contribution is 2.12. The van der Waals surface area contributed by atoms with Gasteiger partial charge in [0.1, 0.15) is 12.1 Å². The highest BCUT2D eigenvalue weighted by Gasteiger charge is 2.12. The van der Waals surface area contributed by atoms with E-state index in [1.54, 1.807) is 0 Å². The van der Waals surface area contributed by atoms with E-state index >= 15 is 0 Å². The van der Waals surface area contributed by atoms with Crippen LogP contribution in [0.1, 0.15) is 10.4 Å². The summed E-state index contributed by atoms with van der Waals surface area (Å²) >= 11 is 0. The summed E-state index contributed by atoms with van der Waals surface area (Å²) in [6.07, 6.45) is 1.25. The SMILES string of the molecule is O=C(Cn1cccc(C(=O)O)c1=O)Nc1ccc(F)c(F)c1. The van der Waals surface area contributed by atoms with Gasteiger partial charge < -0.3 is 15.0 Å². The molecule has 0 aliphatic carbocycles. The summed E-state index contributed by atoms with van der Waals surface area (Å²) < 4.78 is 26.7. The van der Waals surface area contributed by atoms with E-state index in [1.807, 2.05) is 0 Å². The number of hydrogen-bond donors (Lipinski definition) is 2. The molecule has 22 heavy (non-hydrogen) atoms. The van der Waals surface area contributed by atoms with Gasteiger partial charge in [-0.25, -0.2) is 13.6 Å². The van der Waals surface area contributed by atoms with Crippen molar-refractivity contribution >= 4 is 17.6 Å². The van der Waals surface area contributed by atoms with Crippen LogP contribution in [0, 0.1) is 11.6 Å². The van der Waals surface area contributed by atoms with E-state index in [-0.39, 0.29) is 5.69 Å². The average Bonchev–Trinajstić information content (AvgIpc) is 2.45. The number of pyridine rings is 1. The highest BCUT2D eigenvalue weighted by molar-refractivity contribution is 5.91. The van der Waals surface area contributed by atoms with E-state index in [4.69, 9.17) is 5.11 Å².